The molecule has 0 amide bonds. The van der Waals surface area contributed by atoms with Crippen molar-refractivity contribution in [3.05, 3.63) is 45.6 Å². The van der Waals surface area contributed by atoms with Crippen LogP contribution in [0.2, 0.25) is 10.2 Å². The third kappa shape index (κ3) is 1.99. The van der Waals surface area contributed by atoms with Crippen molar-refractivity contribution in [2.24, 2.45) is 0 Å². The SMILES string of the molecule is N#Cc1ccc(-c2[nH]c(Cl)c(Cl)c2C#N)cc1. The van der Waals surface area contributed by atoms with Gasteiger partial charge in [0.15, 0.2) is 0 Å². The van der Waals surface area contributed by atoms with Gasteiger partial charge in [0.2, 0.25) is 0 Å². The van der Waals surface area contributed by atoms with Crippen molar-refractivity contribution < 1.29 is 0 Å². The third-order valence-electron chi connectivity index (χ3n) is 2.31. The molecule has 0 aliphatic heterocycles. The zero-order valence-electron chi connectivity index (χ0n) is 8.46. The van der Waals surface area contributed by atoms with E-state index in [1.165, 1.54) is 0 Å². The molecule has 0 bridgehead atoms. The Bertz CT molecular complexity index is 642. The van der Waals surface area contributed by atoms with Gasteiger partial charge in [-0.1, -0.05) is 35.3 Å². The van der Waals surface area contributed by atoms with Crippen molar-refractivity contribution in [2.75, 3.05) is 0 Å². The highest BCUT2D eigenvalue weighted by Gasteiger charge is 2.15. The summed E-state index contributed by atoms with van der Waals surface area (Å²) in [5.41, 5.74) is 2.18. The van der Waals surface area contributed by atoms with Crippen LogP contribution in [0.1, 0.15) is 11.1 Å². The maximum atomic E-state index is 9.01. The van der Waals surface area contributed by atoms with Crippen LogP contribution in [0.4, 0.5) is 0 Å². The number of nitrogens with one attached hydrogen (secondary N) is 1. The minimum Gasteiger partial charge on any atom is -0.343 e. The zero-order valence-corrected chi connectivity index (χ0v) is 9.97. The molecule has 1 heterocycles. The van der Waals surface area contributed by atoms with Gasteiger partial charge in [0, 0.05) is 0 Å². The number of hydrogen-bond donors (Lipinski definition) is 1. The Morgan fingerprint density at radius 1 is 1.00 bits per heavy atom. The predicted molar refractivity (Wildman–Crippen MR) is 65.7 cm³/mol. The summed E-state index contributed by atoms with van der Waals surface area (Å²) in [5.74, 6) is 0. The molecule has 0 spiro atoms. The summed E-state index contributed by atoms with van der Waals surface area (Å²) in [6.45, 7) is 0. The second-order valence-electron chi connectivity index (χ2n) is 3.30. The van der Waals surface area contributed by atoms with Crippen molar-refractivity contribution >= 4 is 23.2 Å². The van der Waals surface area contributed by atoms with Crippen LogP contribution in [0, 0.1) is 22.7 Å². The highest BCUT2D eigenvalue weighted by molar-refractivity contribution is 6.42. The maximum Gasteiger partial charge on any atom is 0.127 e. The van der Waals surface area contributed by atoms with E-state index >= 15 is 0 Å². The van der Waals surface area contributed by atoms with Crippen LogP contribution in [0.5, 0.6) is 0 Å². The number of nitriles is 2. The van der Waals surface area contributed by atoms with Crippen LogP contribution in [0.25, 0.3) is 11.3 Å². The minimum atomic E-state index is 0.216. The Labute approximate surface area is 108 Å². The van der Waals surface area contributed by atoms with Crippen LogP contribution < -0.4 is 0 Å². The van der Waals surface area contributed by atoms with E-state index in [1.54, 1.807) is 24.3 Å². The first-order valence-corrected chi connectivity index (χ1v) is 5.40. The second-order valence-corrected chi connectivity index (χ2v) is 4.06. The van der Waals surface area contributed by atoms with Gasteiger partial charge in [-0.25, -0.2) is 0 Å². The van der Waals surface area contributed by atoms with Crippen molar-refractivity contribution in [1.29, 1.82) is 10.5 Å². The lowest BCUT2D eigenvalue weighted by molar-refractivity contribution is 1.38. The van der Waals surface area contributed by atoms with Crippen LogP contribution in [0.15, 0.2) is 24.3 Å². The molecule has 0 unspecified atom stereocenters. The summed E-state index contributed by atoms with van der Waals surface area (Å²) in [6, 6.07) is 10.8. The van der Waals surface area contributed by atoms with Gasteiger partial charge in [-0.3, -0.25) is 0 Å². The summed E-state index contributed by atoms with van der Waals surface area (Å²) >= 11 is 11.7. The lowest BCUT2D eigenvalue weighted by Gasteiger charge is -1.98. The molecule has 0 aliphatic carbocycles. The van der Waals surface area contributed by atoms with E-state index in [1.807, 2.05) is 12.1 Å². The van der Waals surface area contributed by atoms with E-state index in [-0.39, 0.29) is 10.2 Å². The highest BCUT2D eigenvalue weighted by Crippen LogP contribution is 2.33. The van der Waals surface area contributed by atoms with Gasteiger partial charge >= 0.3 is 0 Å². The van der Waals surface area contributed by atoms with Crippen LogP contribution in [-0.4, -0.2) is 4.98 Å². The molecule has 0 radical (unpaired) electrons. The lowest BCUT2D eigenvalue weighted by Crippen LogP contribution is -1.82. The lowest BCUT2D eigenvalue weighted by atomic mass is 10.1. The molecule has 0 atom stereocenters. The summed E-state index contributed by atoms with van der Waals surface area (Å²) in [7, 11) is 0. The van der Waals surface area contributed by atoms with Crippen LogP contribution in [-0.2, 0) is 0 Å². The monoisotopic (exact) mass is 261 g/mol. The average molecular weight is 262 g/mol. The number of nitrogens with zero attached hydrogens (tertiary/aromatic N) is 2. The number of rotatable bonds is 1. The van der Waals surface area contributed by atoms with Crippen molar-refractivity contribution in [3.8, 4) is 23.4 Å². The molecule has 5 heteroatoms. The largest absolute Gasteiger partial charge is 0.343 e. The molecule has 82 valence electrons. The minimum absolute atomic E-state index is 0.216. The summed E-state index contributed by atoms with van der Waals surface area (Å²) in [5, 5.41) is 18.2. The van der Waals surface area contributed by atoms with E-state index in [0.29, 0.717) is 16.8 Å². The molecule has 0 fully saturated rings. The third-order valence-corrected chi connectivity index (χ3v) is 3.07. The number of H-pyrrole nitrogens is 1. The standard InChI is InChI=1S/C12H5Cl2N3/c13-10-9(6-16)11(17-12(10)14)8-3-1-7(5-15)2-4-8/h1-4,17H. The van der Waals surface area contributed by atoms with Crippen molar-refractivity contribution in [1.82, 2.24) is 4.98 Å². The number of benzene rings is 1. The Balaban J connectivity index is 2.58. The highest BCUT2D eigenvalue weighted by atomic mass is 35.5. The molecule has 1 aromatic heterocycles. The maximum absolute atomic E-state index is 9.01. The van der Waals surface area contributed by atoms with E-state index in [2.05, 4.69) is 4.98 Å². The fourth-order valence-corrected chi connectivity index (χ4v) is 1.85. The first-order chi connectivity index (χ1) is 8.17. The smallest absolute Gasteiger partial charge is 0.127 e. The molecule has 0 saturated carbocycles. The van der Waals surface area contributed by atoms with Gasteiger partial charge in [0.25, 0.3) is 0 Å². The van der Waals surface area contributed by atoms with Crippen molar-refractivity contribution in [3.63, 3.8) is 0 Å². The van der Waals surface area contributed by atoms with E-state index < -0.39 is 0 Å². The van der Waals surface area contributed by atoms with Crippen LogP contribution >= 0.6 is 23.2 Å². The van der Waals surface area contributed by atoms with Gasteiger partial charge in [0.1, 0.15) is 11.2 Å². The molecule has 3 nitrogen and oxygen atoms in total. The Hall–Kier alpha value is -1.94. The predicted octanol–water partition coefficient (Wildman–Crippen LogP) is 3.73. The molecule has 2 aromatic rings. The molecule has 1 N–H and O–H groups in total. The summed E-state index contributed by atoms with van der Waals surface area (Å²) in [4.78, 5) is 2.85. The van der Waals surface area contributed by atoms with Gasteiger partial charge in [-0.15, -0.1) is 0 Å². The Morgan fingerprint density at radius 2 is 1.65 bits per heavy atom. The molecule has 2 rings (SSSR count). The van der Waals surface area contributed by atoms with Gasteiger partial charge < -0.3 is 4.98 Å². The van der Waals surface area contributed by atoms with Gasteiger partial charge in [-0.05, 0) is 17.7 Å². The van der Waals surface area contributed by atoms with Gasteiger partial charge in [0.05, 0.1) is 27.9 Å². The van der Waals surface area contributed by atoms with E-state index in [4.69, 9.17) is 33.7 Å². The molecule has 0 aliphatic rings. The number of halogens is 2. The average Bonchev–Trinajstić information content (AvgIpc) is 2.65. The van der Waals surface area contributed by atoms with E-state index in [0.717, 1.165) is 5.56 Å². The number of aromatic nitrogens is 1. The molecule has 1 aromatic carbocycles. The molecule has 0 saturated heterocycles. The first-order valence-electron chi connectivity index (χ1n) is 4.65. The van der Waals surface area contributed by atoms with E-state index in [9.17, 15) is 0 Å². The number of hydrogen-bond acceptors (Lipinski definition) is 2. The summed E-state index contributed by atoms with van der Waals surface area (Å²) < 4.78 is 0. The fourth-order valence-electron chi connectivity index (χ4n) is 1.48. The Kier molecular flexibility index (Phi) is 3.06. The number of aromatic amines is 1. The molecular weight excluding hydrogens is 257 g/mol. The normalized spacial score (nSPS) is 9.65. The zero-order chi connectivity index (χ0) is 12.4. The molecule has 17 heavy (non-hydrogen) atoms. The first kappa shape index (κ1) is 11.5. The fraction of sp³-hybridized carbons (Fsp3) is 0. The Morgan fingerprint density at radius 3 is 2.18 bits per heavy atom. The quantitative estimate of drug-likeness (QED) is 0.850. The second kappa shape index (κ2) is 4.51. The molecular formula is C12H5Cl2N3. The van der Waals surface area contributed by atoms with Crippen LogP contribution in [0.3, 0.4) is 0 Å². The summed E-state index contributed by atoms with van der Waals surface area (Å²) in [6.07, 6.45) is 0. The van der Waals surface area contributed by atoms with Gasteiger partial charge in [-0.2, -0.15) is 10.5 Å². The topological polar surface area (TPSA) is 63.4 Å². The van der Waals surface area contributed by atoms with Crippen molar-refractivity contribution in [2.45, 2.75) is 0 Å².